The molecule has 2 N–H and O–H groups in total. The summed E-state index contributed by atoms with van der Waals surface area (Å²) in [6.07, 6.45) is 1.83. The van der Waals surface area contributed by atoms with E-state index in [0.717, 1.165) is 19.3 Å². The quantitative estimate of drug-likeness (QED) is 0.657. The number of alkyl carbamates (subject to hydrolysis) is 2. The molecule has 7 heteroatoms. The van der Waals surface area contributed by atoms with Gasteiger partial charge in [-0.15, -0.1) is 6.58 Å². The molecule has 7 nitrogen and oxygen atoms in total. The number of hydrogen-bond donors (Lipinski definition) is 2. The van der Waals surface area contributed by atoms with Crippen LogP contribution in [0.3, 0.4) is 0 Å². The molecule has 1 unspecified atom stereocenters. The van der Waals surface area contributed by atoms with Crippen molar-refractivity contribution in [3.8, 4) is 0 Å². The molecule has 0 saturated heterocycles. The number of imide groups is 1. The topological polar surface area (TPSA) is 102 Å². The Morgan fingerprint density at radius 2 is 1.90 bits per heavy atom. The molecule has 0 radical (unpaired) electrons. The largest absolute Gasteiger partial charge is 0.453 e. The fraction of sp³-hybridized carbons (Fsp3) is 0.783. The molecule has 3 rings (SSSR count). The average Bonchev–Trinajstić information content (AvgIpc) is 3.06. The van der Waals surface area contributed by atoms with Gasteiger partial charge in [-0.3, -0.25) is 4.79 Å². The monoisotopic (exact) mass is 421 g/mol. The third-order valence-electron chi connectivity index (χ3n) is 8.94. The van der Waals surface area contributed by atoms with Crippen molar-refractivity contribution < 1.29 is 29.0 Å². The molecule has 0 aromatic rings. The molecular weight excluding hydrogens is 386 g/mol. The van der Waals surface area contributed by atoms with Crippen molar-refractivity contribution in [1.29, 1.82) is 0 Å². The Morgan fingerprint density at radius 3 is 2.50 bits per heavy atom. The second-order valence-corrected chi connectivity index (χ2v) is 10.1. The third-order valence-corrected chi connectivity index (χ3v) is 8.94. The Balaban J connectivity index is 2.12. The van der Waals surface area contributed by atoms with Gasteiger partial charge in [0.2, 0.25) is 0 Å². The zero-order valence-corrected chi connectivity index (χ0v) is 18.7. The van der Waals surface area contributed by atoms with Crippen LogP contribution in [-0.2, 0) is 14.3 Å². The molecule has 0 aliphatic heterocycles. The maximum absolute atomic E-state index is 13.2. The molecule has 0 aromatic heterocycles. The highest BCUT2D eigenvalue weighted by atomic mass is 16.6. The SMILES string of the molecule is C=C[C@]1(C)C[C@@H](OC(=O)NC(=O)OC)[C@]2(C)C(C)CC[C@]3(CCC(=O)[C@H]32)[C@@H](C)[C@@H]1O. The van der Waals surface area contributed by atoms with Gasteiger partial charge in [0.1, 0.15) is 11.9 Å². The number of ketones is 1. The fourth-order valence-corrected chi connectivity index (χ4v) is 6.79. The molecule has 0 heterocycles. The van der Waals surface area contributed by atoms with Crippen molar-refractivity contribution in [2.24, 2.45) is 34.0 Å². The van der Waals surface area contributed by atoms with Gasteiger partial charge in [-0.05, 0) is 42.9 Å². The lowest BCUT2D eigenvalue weighted by Gasteiger charge is -2.61. The van der Waals surface area contributed by atoms with Crippen LogP contribution in [0.5, 0.6) is 0 Å². The Kier molecular flexibility index (Phi) is 5.82. The first kappa shape index (κ1) is 22.8. The van der Waals surface area contributed by atoms with Crippen LogP contribution in [0.15, 0.2) is 12.7 Å². The molecule has 0 spiro atoms. The van der Waals surface area contributed by atoms with Crippen LogP contribution in [0, 0.1) is 34.0 Å². The fourth-order valence-electron chi connectivity index (χ4n) is 6.79. The normalized spacial score (nSPS) is 45.5. The number of methoxy groups -OCH3 is 1. The minimum absolute atomic E-state index is 0.0892. The van der Waals surface area contributed by atoms with Gasteiger partial charge in [-0.1, -0.05) is 33.8 Å². The van der Waals surface area contributed by atoms with E-state index in [0.29, 0.717) is 12.8 Å². The van der Waals surface area contributed by atoms with E-state index in [1.165, 1.54) is 7.11 Å². The summed E-state index contributed by atoms with van der Waals surface area (Å²) in [5.74, 6) is -0.0743. The van der Waals surface area contributed by atoms with Crippen molar-refractivity contribution in [3.05, 3.63) is 12.7 Å². The van der Waals surface area contributed by atoms with E-state index in [2.05, 4.69) is 30.5 Å². The van der Waals surface area contributed by atoms with Gasteiger partial charge < -0.3 is 14.6 Å². The standard InChI is InChI=1S/C23H35NO6/c1-7-21(4)12-16(30-20(28)24-19(27)29-6)22(5)13(2)8-10-23(14(3)18(21)26)11-9-15(25)17(22)23/h7,13-14,16-18,26H,1,8-12H2,2-6H3,(H,24,27,28)/t13?,14-,16+,17-,18-,21+,22-,23-/m0/s1. The maximum atomic E-state index is 13.2. The van der Waals surface area contributed by atoms with Gasteiger partial charge in [0.05, 0.1) is 13.2 Å². The molecule has 3 fully saturated rings. The van der Waals surface area contributed by atoms with Crippen molar-refractivity contribution >= 4 is 18.0 Å². The third kappa shape index (κ3) is 3.17. The second-order valence-electron chi connectivity index (χ2n) is 10.1. The van der Waals surface area contributed by atoms with E-state index >= 15 is 0 Å². The summed E-state index contributed by atoms with van der Waals surface area (Å²) < 4.78 is 10.3. The molecule has 3 aliphatic carbocycles. The highest BCUT2D eigenvalue weighted by Crippen LogP contribution is 2.67. The van der Waals surface area contributed by atoms with Crippen molar-refractivity contribution in [2.75, 3.05) is 7.11 Å². The maximum Gasteiger partial charge on any atom is 0.416 e. The van der Waals surface area contributed by atoms with E-state index < -0.39 is 35.2 Å². The van der Waals surface area contributed by atoms with Crippen LogP contribution in [0.4, 0.5) is 9.59 Å². The lowest BCUT2D eigenvalue weighted by molar-refractivity contribution is -0.191. The minimum atomic E-state index is -0.906. The number of rotatable bonds is 2. The summed E-state index contributed by atoms with van der Waals surface area (Å²) in [5, 5.41) is 13.5. The number of hydrogen-bond acceptors (Lipinski definition) is 6. The van der Waals surface area contributed by atoms with E-state index in [1.807, 2.05) is 13.8 Å². The highest BCUT2D eigenvalue weighted by Gasteiger charge is 2.68. The molecule has 0 aromatic carbocycles. The van der Waals surface area contributed by atoms with E-state index in [1.54, 1.807) is 6.08 Å². The predicted octanol–water partition coefficient (Wildman–Crippen LogP) is 3.84. The van der Waals surface area contributed by atoms with Crippen LogP contribution in [0.25, 0.3) is 0 Å². The Bertz CT molecular complexity index is 752. The van der Waals surface area contributed by atoms with Crippen LogP contribution in [0.2, 0.25) is 0 Å². The molecule has 2 amide bonds. The molecular formula is C23H35NO6. The average molecular weight is 422 g/mol. The predicted molar refractivity (Wildman–Crippen MR) is 111 cm³/mol. The number of nitrogens with one attached hydrogen (secondary N) is 1. The number of Topliss-reactive ketones (excluding diaryl/α,β-unsaturated/α-hetero) is 1. The first-order valence-corrected chi connectivity index (χ1v) is 10.9. The molecule has 3 saturated carbocycles. The van der Waals surface area contributed by atoms with Crippen LogP contribution < -0.4 is 5.32 Å². The van der Waals surface area contributed by atoms with Gasteiger partial charge >= 0.3 is 12.2 Å². The Labute approximate surface area is 178 Å². The lowest BCUT2D eigenvalue weighted by Crippen LogP contribution is -2.63. The van der Waals surface area contributed by atoms with Gasteiger partial charge in [-0.2, -0.15) is 0 Å². The zero-order chi connectivity index (χ0) is 22.5. The van der Waals surface area contributed by atoms with Gasteiger partial charge in [0.25, 0.3) is 0 Å². The first-order chi connectivity index (χ1) is 14.0. The van der Waals surface area contributed by atoms with Crippen LogP contribution in [-0.4, -0.2) is 42.4 Å². The lowest BCUT2D eigenvalue weighted by atomic mass is 9.44. The molecule has 3 aliphatic rings. The minimum Gasteiger partial charge on any atom is -0.453 e. The number of carbonyl (C=O) groups excluding carboxylic acids is 3. The summed E-state index contributed by atoms with van der Waals surface area (Å²) in [6, 6.07) is 0. The molecule has 2 bridgehead atoms. The van der Waals surface area contributed by atoms with E-state index in [-0.39, 0.29) is 29.0 Å². The van der Waals surface area contributed by atoms with E-state index in [4.69, 9.17) is 4.74 Å². The second kappa shape index (κ2) is 7.66. The van der Waals surface area contributed by atoms with Crippen LogP contribution in [0.1, 0.15) is 59.8 Å². The summed E-state index contributed by atoms with van der Waals surface area (Å²) in [4.78, 5) is 37.3. The number of amides is 2. The zero-order valence-electron chi connectivity index (χ0n) is 18.7. The number of aliphatic hydroxyl groups is 1. The summed E-state index contributed by atoms with van der Waals surface area (Å²) in [7, 11) is 1.17. The molecule has 8 atom stereocenters. The summed E-state index contributed by atoms with van der Waals surface area (Å²) in [5.41, 5.74) is -1.65. The highest BCUT2D eigenvalue weighted by molar-refractivity contribution is 5.88. The summed E-state index contributed by atoms with van der Waals surface area (Å²) in [6.45, 7) is 12.1. The summed E-state index contributed by atoms with van der Waals surface area (Å²) >= 11 is 0. The van der Waals surface area contributed by atoms with Crippen molar-refractivity contribution in [1.82, 2.24) is 5.32 Å². The Morgan fingerprint density at radius 1 is 1.23 bits per heavy atom. The van der Waals surface area contributed by atoms with Crippen LogP contribution >= 0.6 is 0 Å². The number of carbonyl (C=O) groups is 3. The molecule has 168 valence electrons. The Hall–Kier alpha value is -1.89. The smallest absolute Gasteiger partial charge is 0.416 e. The van der Waals surface area contributed by atoms with Crippen molar-refractivity contribution in [2.45, 2.75) is 72.0 Å². The van der Waals surface area contributed by atoms with Gasteiger partial charge in [-0.25, -0.2) is 14.9 Å². The number of aliphatic hydroxyl groups excluding tert-OH is 1. The first-order valence-electron chi connectivity index (χ1n) is 10.9. The van der Waals surface area contributed by atoms with Gasteiger partial charge in [0, 0.05) is 23.2 Å². The van der Waals surface area contributed by atoms with E-state index in [9.17, 15) is 19.5 Å². The molecule has 30 heavy (non-hydrogen) atoms. The van der Waals surface area contributed by atoms with Gasteiger partial charge in [0.15, 0.2) is 0 Å². The van der Waals surface area contributed by atoms with Crippen molar-refractivity contribution in [3.63, 3.8) is 0 Å². The number of ether oxygens (including phenoxy) is 2.